The normalized spacial score (nSPS) is 12.4. The van der Waals surface area contributed by atoms with Crippen LogP contribution < -0.4 is 0 Å². The maximum absolute atomic E-state index is 10.1. The van der Waals surface area contributed by atoms with Gasteiger partial charge < -0.3 is 10.1 Å². The Labute approximate surface area is 89.7 Å². The molecule has 0 aromatic heterocycles. The fraction of sp³-hybridized carbons (Fsp3) is 0.833. The van der Waals surface area contributed by atoms with Crippen molar-refractivity contribution in [3.63, 3.8) is 0 Å². The molecular formula is C6H12NOPr+2. The Morgan fingerprint density at radius 1 is 1.44 bits per heavy atom. The Hall–Kier alpha value is 0.994. The van der Waals surface area contributed by atoms with Crippen molar-refractivity contribution >= 4 is 6.29 Å². The van der Waals surface area contributed by atoms with Crippen LogP contribution in [0.15, 0.2) is 0 Å². The van der Waals surface area contributed by atoms with Gasteiger partial charge in [-0.1, -0.05) is 25.8 Å². The van der Waals surface area contributed by atoms with E-state index in [0.29, 0.717) is 5.92 Å². The van der Waals surface area contributed by atoms with Crippen LogP contribution in [-0.2, 0) is 4.79 Å². The molecule has 1 atom stereocenters. The van der Waals surface area contributed by atoms with E-state index >= 15 is 0 Å². The first-order chi connectivity index (χ1) is 3.72. The van der Waals surface area contributed by atoms with Crippen LogP contribution in [0, 0.1) is 47.2 Å². The van der Waals surface area contributed by atoms with Crippen molar-refractivity contribution in [3.8, 4) is 0 Å². The third kappa shape index (κ3) is 5.44. The van der Waals surface area contributed by atoms with E-state index in [1.165, 1.54) is 0 Å². The molecule has 0 aliphatic rings. The van der Waals surface area contributed by atoms with Crippen molar-refractivity contribution < 1.29 is 46.1 Å². The van der Waals surface area contributed by atoms with Crippen LogP contribution in [-0.4, -0.2) is 19.4 Å². The van der Waals surface area contributed by atoms with Crippen molar-refractivity contribution in [3.05, 3.63) is 5.32 Å². The van der Waals surface area contributed by atoms with Crippen LogP contribution in [0.1, 0.15) is 13.8 Å². The van der Waals surface area contributed by atoms with Gasteiger partial charge in [0.1, 0.15) is 6.29 Å². The zero-order chi connectivity index (χ0) is 6.57. The second-order valence-electron chi connectivity index (χ2n) is 2.13. The second kappa shape index (κ2) is 7.10. The monoisotopic (exact) mass is 255 g/mol. The molecule has 0 saturated heterocycles. The predicted octanol–water partition coefficient (Wildman–Crippen LogP) is 1.21. The fourth-order valence-electron chi connectivity index (χ4n) is 0.516. The minimum atomic E-state index is -0.102. The van der Waals surface area contributed by atoms with Crippen LogP contribution in [0.3, 0.4) is 0 Å². The van der Waals surface area contributed by atoms with Crippen molar-refractivity contribution in [1.82, 2.24) is 0 Å². The third-order valence-corrected chi connectivity index (χ3v) is 1.12. The molecule has 0 radical (unpaired) electrons. The molecule has 48 valence electrons. The number of carbonyl (C=O) groups is 1. The predicted molar refractivity (Wildman–Crippen MR) is 34.0 cm³/mol. The molecule has 0 saturated carbocycles. The number of hydrogen-bond acceptors (Lipinski definition) is 1. The quantitative estimate of drug-likeness (QED) is 0.697. The largest absolute Gasteiger partial charge is 3.00 e. The van der Waals surface area contributed by atoms with Gasteiger partial charge in [-0.2, -0.15) is 7.05 Å². The summed E-state index contributed by atoms with van der Waals surface area (Å²) in [5, 5.41) is 3.84. The van der Waals surface area contributed by atoms with E-state index in [9.17, 15) is 4.79 Å². The minimum Gasteiger partial charge on any atom is -0.656 e. The van der Waals surface area contributed by atoms with Gasteiger partial charge in [0, 0.05) is 0 Å². The van der Waals surface area contributed by atoms with E-state index in [1.807, 2.05) is 13.8 Å². The van der Waals surface area contributed by atoms with Crippen LogP contribution >= 0.6 is 0 Å². The topological polar surface area (TPSA) is 31.2 Å². The summed E-state index contributed by atoms with van der Waals surface area (Å²) in [4.78, 5) is 10.1. The Balaban J connectivity index is 0. The average Bonchev–Trinajstić information content (AvgIpc) is 1.69. The average molecular weight is 255 g/mol. The molecule has 0 rings (SSSR count). The van der Waals surface area contributed by atoms with E-state index in [0.717, 1.165) is 6.29 Å². The maximum Gasteiger partial charge on any atom is 3.00 e. The van der Waals surface area contributed by atoms with Gasteiger partial charge in [0.2, 0.25) is 0 Å². The molecule has 0 N–H and O–H groups in total. The first-order valence-electron chi connectivity index (χ1n) is 2.76. The van der Waals surface area contributed by atoms with Crippen LogP contribution in [0.25, 0.3) is 5.32 Å². The van der Waals surface area contributed by atoms with Crippen LogP contribution in [0.4, 0.5) is 0 Å². The fourth-order valence-corrected chi connectivity index (χ4v) is 0.516. The summed E-state index contributed by atoms with van der Waals surface area (Å²) in [6, 6.07) is -0.102. The SMILES string of the molecule is C[N-]C(C=O)C(C)C.[Pr+3]. The summed E-state index contributed by atoms with van der Waals surface area (Å²) in [5.74, 6) is 0.345. The zero-order valence-electron chi connectivity index (χ0n) is 6.16. The van der Waals surface area contributed by atoms with E-state index in [2.05, 4.69) is 5.32 Å². The molecule has 0 spiro atoms. The molecule has 1 unspecified atom stereocenters. The van der Waals surface area contributed by atoms with E-state index in [1.54, 1.807) is 7.05 Å². The third-order valence-electron chi connectivity index (χ3n) is 1.12. The first kappa shape index (κ1) is 12.7. The van der Waals surface area contributed by atoms with Crippen molar-refractivity contribution in [1.29, 1.82) is 0 Å². The Kier molecular flexibility index (Phi) is 9.99. The standard InChI is InChI=1S/C6H12NO.Pr/c1-5(2)6(4-8)7-3;/h4-6H,1-3H3;/q-1;+3. The summed E-state index contributed by atoms with van der Waals surface area (Å²) >= 11 is 0. The van der Waals surface area contributed by atoms with Gasteiger partial charge in [-0.15, -0.1) is 0 Å². The number of carbonyl (C=O) groups excluding carboxylic acids is 1. The summed E-state index contributed by atoms with van der Waals surface area (Å²) in [6.45, 7) is 3.96. The van der Waals surface area contributed by atoms with E-state index < -0.39 is 0 Å². The molecule has 0 bridgehead atoms. The molecule has 0 fully saturated rings. The summed E-state index contributed by atoms with van der Waals surface area (Å²) < 4.78 is 0. The second-order valence-corrected chi connectivity index (χ2v) is 2.13. The smallest absolute Gasteiger partial charge is 0.656 e. The number of aldehydes is 1. The molecule has 9 heavy (non-hydrogen) atoms. The van der Waals surface area contributed by atoms with Crippen molar-refractivity contribution in [2.24, 2.45) is 5.92 Å². The van der Waals surface area contributed by atoms with Gasteiger partial charge in [0.05, 0.1) is 0 Å². The maximum atomic E-state index is 10.1. The van der Waals surface area contributed by atoms with Crippen molar-refractivity contribution in [2.75, 3.05) is 7.05 Å². The van der Waals surface area contributed by atoms with Crippen LogP contribution in [0.5, 0.6) is 0 Å². The number of nitrogens with zero attached hydrogens (tertiary/aromatic N) is 1. The molecule has 0 aliphatic heterocycles. The molecule has 0 aromatic rings. The van der Waals surface area contributed by atoms with Gasteiger partial charge >= 0.3 is 41.3 Å². The van der Waals surface area contributed by atoms with Gasteiger partial charge in [-0.05, 0) is 0 Å². The molecule has 2 nitrogen and oxygen atoms in total. The zero-order valence-corrected chi connectivity index (χ0v) is 9.87. The number of rotatable bonds is 3. The Bertz CT molecular complexity index is 75.5. The molecular weight excluding hydrogens is 243 g/mol. The minimum absolute atomic E-state index is 0. The van der Waals surface area contributed by atoms with E-state index in [-0.39, 0.29) is 47.3 Å². The van der Waals surface area contributed by atoms with E-state index in [4.69, 9.17) is 0 Å². The van der Waals surface area contributed by atoms with Gasteiger partial charge in [-0.25, -0.2) is 0 Å². The van der Waals surface area contributed by atoms with Gasteiger partial charge in [0.15, 0.2) is 0 Å². The molecule has 3 heteroatoms. The van der Waals surface area contributed by atoms with Gasteiger partial charge in [0.25, 0.3) is 0 Å². The first-order valence-corrected chi connectivity index (χ1v) is 2.76. The summed E-state index contributed by atoms with van der Waals surface area (Å²) in [7, 11) is 1.67. The summed E-state index contributed by atoms with van der Waals surface area (Å²) in [5.41, 5.74) is 0. The molecule has 0 aliphatic carbocycles. The van der Waals surface area contributed by atoms with Crippen LogP contribution in [0.2, 0.25) is 0 Å². The molecule has 0 amide bonds. The van der Waals surface area contributed by atoms with Gasteiger partial charge in [-0.3, -0.25) is 0 Å². The number of likely N-dealkylation sites (N-methyl/N-ethyl adjacent to an activating group) is 1. The Morgan fingerprint density at radius 3 is 1.89 bits per heavy atom. The van der Waals surface area contributed by atoms with Crippen molar-refractivity contribution in [2.45, 2.75) is 19.9 Å². The molecule has 0 heterocycles. The number of hydrogen-bond donors (Lipinski definition) is 0. The summed E-state index contributed by atoms with van der Waals surface area (Å²) in [6.07, 6.45) is 0.880. The Morgan fingerprint density at radius 2 is 1.89 bits per heavy atom. The molecule has 0 aromatic carbocycles.